The summed E-state index contributed by atoms with van der Waals surface area (Å²) in [6, 6.07) is 13.6. The van der Waals surface area contributed by atoms with Crippen molar-refractivity contribution in [2.75, 3.05) is 7.11 Å². The quantitative estimate of drug-likeness (QED) is 0.712. The lowest BCUT2D eigenvalue weighted by molar-refractivity contribution is -0.143. The van der Waals surface area contributed by atoms with Crippen LogP contribution in [-0.4, -0.2) is 24.1 Å². The van der Waals surface area contributed by atoms with E-state index in [-0.39, 0.29) is 11.8 Å². The smallest absolute Gasteiger partial charge is 0.323 e. The standard InChI is InChI=1S/C19H17FN2O2/c1-24-19(23)16-10-13-11-6-3-5-9-15(11)21-18(13)17(22-16)12-7-2-4-8-14(12)20/h2-9,16-17,21-22H,10H2,1H3/t16-,17?/m1/s1. The Hall–Kier alpha value is -2.66. The minimum absolute atomic E-state index is 0.301. The van der Waals surface area contributed by atoms with Crippen LogP contribution in [0.5, 0.6) is 0 Å². The van der Waals surface area contributed by atoms with E-state index in [1.165, 1.54) is 13.2 Å². The molecule has 2 atom stereocenters. The summed E-state index contributed by atoms with van der Waals surface area (Å²) in [7, 11) is 1.37. The Kier molecular flexibility index (Phi) is 3.58. The molecular formula is C19H17FN2O2. The lowest BCUT2D eigenvalue weighted by Gasteiger charge is -2.30. The Balaban J connectivity index is 1.90. The van der Waals surface area contributed by atoms with Gasteiger partial charge in [0.2, 0.25) is 0 Å². The highest BCUT2D eigenvalue weighted by atomic mass is 19.1. The number of fused-ring (bicyclic) bond motifs is 3. The summed E-state index contributed by atoms with van der Waals surface area (Å²) in [6.45, 7) is 0. The second kappa shape index (κ2) is 5.76. The first-order valence-corrected chi connectivity index (χ1v) is 7.87. The van der Waals surface area contributed by atoms with E-state index in [1.54, 1.807) is 18.2 Å². The van der Waals surface area contributed by atoms with Gasteiger partial charge < -0.3 is 9.72 Å². The fourth-order valence-corrected chi connectivity index (χ4v) is 3.48. The number of hydrogen-bond donors (Lipinski definition) is 2. The molecule has 0 spiro atoms. The predicted octanol–water partition coefficient (Wildman–Crippen LogP) is 3.08. The van der Waals surface area contributed by atoms with Crippen LogP contribution in [0.15, 0.2) is 48.5 Å². The monoisotopic (exact) mass is 324 g/mol. The van der Waals surface area contributed by atoms with Gasteiger partial charge in [0, 0.05) is 28.6 Å². The van der Waals surface area contributed by atoms with Crippen molar-refractivity contribution in [1.29, 1.82) is 0 Å². The van der Waals surface area contributed by atoms with E-state index < -0.39 is 12.1 Å². The van der Waals surface area contributed by atoms with E-state index in [0.29, 0.717) is 12.0 Å². The molecule has 1 aromatic heterocycles. The number of nitrogens with one attached hydrogen (secondary N) is 2. The molecule has 24 heavy (non-hydrogen) atoms. The summed E-state index contributed by atoms with van der Waals surface area (Å²) in [5, 5.41) is 4.29. The first-order valence-electron chi connectivity index (χ1n) is 7.87. The highest BCUT2D eigenvalue weighted by Crippen LogP contribution is 2.36. The highest BCUT2D eigenvalue weighted by molar-refractivity contribution is 5.87. The van der Waals surface area contributed by atoms with Gasteiger partial charge in [-0.2, -0.15) is 0 Å². The van der Waals surface area contributed by atoms with Gasteiger partial charge in [-0.05, 0) is 17.7 Å². The summed E-state index contributed by atoms with van der Waals surface area (Å²) >= 11 is 0. The van der Waals surface area contributed by atoms with Gasteiger partial charge in [-0.1, -0.05) is 36.4 Å². The first-order chi connectivity index (χ1) is 11.7. The number of para-hydroxylation sites is 1. The third kappa shape index (κ3) is 2.29. The fourth-order valence-electron chi connectivity index (χ4n) is 3.48. The number of carbonyl (C=O) groups excluding carboxylic acids is 1. The molecule has 122 valence electrons. The lowest BCUT2D eigenvalue weighted by atomic mass is 9.90. The van der Waals surface area contributed by atoms with Gasteiger partial charge in [-0.25, -0.2) is 4.39 Å². The predicted molar refractivity (Wildman–Crippen MR) is 89.2 cm³/mol. The number of benzene rings is 2. The maximum Gasteiger partial charge on any atom is 0.323 e. The average molecular weight is 324 g/mol. The maximum absolute atomic E-state index is 14.4. The number of methoxy groups -OCH3 is 1. The molecule has 0 amide bonds. The van der Waals surface area contributed by atoms with Crippen LogP contribution < -0.4 is 5.32 Å². The van der Waals surface area contributed by atoms with Crippen molar-refractivity contribution in [3.05, 3.63) is 71.2 Å². The second-order valence-electron chi connectivity index (χ2n) is 5.96. The molecule has 1 aliphatic heterocycles. The van der Waals surface area contributed by atoms with E-state index >= 15 is 0 Å². The van der Waals surface area contributed by atoms with Gasteiger partial charge in [0.15, 0.2) is 0 Å². The van der Waals surface area contributed by atoms with Crippen LogP contribution in [-0.2, 0) is 16.0 Å². The molecule has 2 aromatic carbocycles. The number of carbonyl (C=O) groups is 1. The molecule has 0 radical (unpaired) electrons. The number of hydrogen-bond acceptors (Lipinski definition) is 3. The summed E-state index contributed by atoms with van der Waals surface area (Å²) in [5.74, 6) is -0.641. The van der Waals surface area contributed by atoms with Crippen LogP contribution >= 0.6 is 0 Å². The Labute approximate surface area is 138 Å². The molecule has 4 nitrogen and oxygen atoms in total. The number of rotatable bonds is 2. The molecule has 5 heteroatoms. The summed E-state index contributed by atoms with van der Waals surface area (Å²) in [4.78, 5) is 15.5. The molecule has 0 saturated heterocycles. The minimum Gasteiger partial charge on any atom is -0.468 e. The third-order valence-corrected chi connectivity index (χ3v) is 4.61. The van der Waals surface area contributed by atoms with Crippen LogP contribution in [0.2, 0.25) is 0 Å². The summed E-state index contributed by atoms with van der Waals surface area (Å²) in [5.41, 5.74) is 3.43. The van der Waals surface area contributed by atoms with E-state index in [1.807, 2.05) is 24.3 Å². The Bertz CT molecular complexity index is 919. The lowest BCUT2D eigenvalue weighted by Crippen LogP contribution is -2.45. The molecule has 0 saturated carbocycles. The zero-order valence-corrected chi connectivity index (χ0v) is 13.2. The number of aromatic amines is 1. The van der Waals surface area contributed by atoms with Gasteiger partial charge in [0.25, 0.3) is 0 Å². The SMILES string of the molecule is COC(=O)[C@H]1Cc2c([nH]c3ccccc23)C(c2ccccc2F)N1. The zero-order valence-electron chi connectivity index (χ0n) is 13.2. The van der Waals surface area contributed by atoms with Gasteiger partial charge >= 0.3 is 5.97 Å². The molecule has 0 aliphatic carbocycles. The van der Waals surface area contributed by atoms with Crippen molar-refractivity contribution < 1.29 is 13.9 Å². The molecule has 0 bridgehead atoms. The van der Waals surface area contributed by atoms with E-state index in [2.05, 4.69) is 10.3 Å². The Morgan fingerprint density at radius 2 is 1.92 bits per heavy atom. The van der Waals surface area contributed by atoms with Gasteiger partial charge in [0.1, 0.15) is 11.9 Å². The Morgan fingerprint density at radius 3 is 2.71 bits per heavy atom. The van der Waals surface area contributed by atoms with Crippen molar-refractivity contribution in [2.45, 2.75) is 18.5 Å². The van der Waals surface area contributed by atoms with E-state index in [4.69, 9.17) is 4.74 Å². The van der Waals surface area contributed by atoms with Crippen molar-refractivity contribution in [1.82, 2.24) is 10.3 Å². The van der Waals surface area contributed by atoms with Crippen LogP contribution in [0.4, 0.5) is 4.39 Å². The van der Waals surface area contributed by atoms with Gasteiger partial charge in [0.05, 0.1) is 13.2 Å². The number of halogens is 1. The van der Waals surface area contributed by atoms with Crippen molar-refractivity contribution >= 4 is 16.9 Å². The molecule has 0 fully saturated rings. The zero-order chi connectivity index (χ0) is 16.7. The van der Waals surface area contributed by atoms with Crippen LogP contribution in [0.25, 0.3) is 10.9 Å². The molecule has 1 unspecified atom stereocenters. The van der Waals surface area contributed by atoms with Crippen molar-refractivity contribution in [2.24, 2.45) is 0 Å². The number of H-pyrrole nitrogens is 1. The van der Waals surface area contributed by atoms with Crippen LogP contribution in [0, 0.1) is 5.82 Å². The fraction of sp³-hybridized carbons (Fsp3) is 0.211. The largest absolute Gasteiger partial charge is 0.468 e. The van der Waals surface area contributed by atoms with Crippen molar-refractivity contribution in [3.63, 3.8) is 0 Å². The van der Waals surface area contributed by atoms with Crippen molar-refractivity contribution in [3.8, 4) is 0 Å². The topological polar surface area (TPSA) is 54.1 Å². The molecular weight excluding hydrogens is 307 g/mol. The van der Waals surface area contributed by atoms with Gasteiger partial charge in [-0.3, -0.25) is 10.1 Å². The minimum atomic E-state index is -0.508. The summed E-state index contributed by atoms with van der Waals surface area (Å²) < 4.78 is 19.3. The first kappa shape index (κ1) is 14.9. The number of ether oxygens (including phenoxy) is 1. The summed E-state index contributed by atoms with van der Waals surface area (Å²) in [6.07, 6.45) is 0.511. The molecule has 2 N–H and O–H groups in total. The highest BCUT2D eigenvalue weighted by Gasteiger charge is 2.35. The average Bonchev–Trinajstić information content (AvgIpc) is 2.99. The van der Waals surface area contributed by atoms with E-state index in [9.17, 15) is 9.18 Å². The second-order valence-corrected chi connectivity index (χ2v) is 5.96. The molecule has 4 rings (SSSR count). The molecule has 3 aromatic rings. The number of esters is 1. The number of aromatic nitrogens is 1. The molecule has 1 aliphatic rings. The third-order valence-electron chi connectivity index (χ3n) is 4.61. The van der Waals surface area contributed by atoms with Crippen LogP contribution in [0.1, 0.15) is 22.9 Å². The van der Waals surface area contributed by atoms with Crippen LogP contribution in [0.3, 0.4) is 0 Å². The Morgan fingerprint density at radius 1 is 1.17 bits per heavy atom. The molecule has 2 heterocycles. The maximum atomic E-state index is 14.4. The normalized spacial score (nSPS) is 19.9. The van der Waals surface area contributed by atoms with Gasteiger partial charge in [-0.15, -0.1) is 0 Å². The van der Waals surface area contributed by atoms with E-state index in [0.717, 1.165) is 22.2 Å².